The second-order valence-corrected chi connectivity index (χ2v) is 8.31. The van der Waals surface area contributed by atoms with Crippen molar-refractivity contribution in [2.75, 3.05) is 36.8 Å². The van der Waals surface area contributed by atoms with Gasteiger partial charge in [0.15, 0.2) is 11.6 Å². The summed E-state index contributed by atoms with van der Waals surface area (Å²) in [5, 5.41) is 0. The van der Waals surface area contributed by atoms with Gasteiger partial charge in [-0.25, -0.2) is 12.8 Å². The zero-order valence-electron chi connectivity index (χ0n) is 15.0. The fourth-order valence-electron chi connectivity index (χ4n) is 2.88. The van der Waals surface area contributed by atoms with Crippen molar-refractivity contribution in [3.63, 3.8) is 0 Å². The van der Waals surface area contributed by atoms with Gasteiger partial charge in [-0.3, -0.25) is 9.10 Å². The van der Waals surface area contributed by atoms with E-state index in [9.17, 15) is 17.6 Å². The largest absolute Gasteiger partial charge is 0.489 e. The van der Waals surface area contributed by atoms with Gasteiger partial charge >= 0.3 is 0 Å². The average Bonchev–Trinajstić information content (AvgIpc) is 3.02. The van der Waals surface area contributed by atoms with Crippen LogP contribution in [0.2, 0.25) is 0 Å². The first-order chi connectivity index (χ1) is 12.9. The average molecular weight is 392 g/mol. The number of anilines is 1. The van der Waals surface area contributed by atoms with Gasteiger partial charge in [0.2, 0.25) is 10.0 Å². The van der Waals surface area contributed by atoms with E-state index in [2.05, 4.69) is 0 Å². The van der Waals surface area contributed by atoms with Crippen molar-refractivity contribution in [3.8, 4) is 5.75 Å². The van der Waals surface area contributed by atoms with E-state index in [4.69, 9.17) is 4.74 Å². The molecule has 0 aromatic heterocycles. The van der Waals surface area contributed by atoms with Crippen molar-refractivity contribution < 1.29 is 22.3 Å². The standard InChI is InChI=1S/C19H21FN2O4S/c1-21(12-13-26-18-6-3-2-5-17(18)20)19(23)15-7-9-16(10-8-15)22-11-4-14-27(22,24)25/h2-3,5-10H,4,11-14H2,1H3. The Balaban J connectivity index is 1.57. The quantitative estimate of drug-likeness (QED) is 0.758. The molecule has 0 spiro atoms. The molecule has 1 aliphatic rings. The van der Waals surface area contributed by atoms with E-state index in [0.717, 1.165) is 0 Å². The minimum Gasteiger partial charge on any atom is -0.489 e. The molecule has 1 fully saturated rings. The number of hydrogen-bond acceptors (Lipinski definition) is 4. The van der Waals surface area contributed by atoms with Crippen LogP contribution in [0.15, 0.2) is 48.5 Å². The van der Waals surface area contributed by atoms with Crippen LogP contribution in [0.4, 0.5) is 10.1 Å². The van der Waals surface area contributed by atoms with Gasteiger partial charge in [0.25, 0.3) is 5.91 Å². The highest BCUT2D eigenvalue weighted by atomic mass is 32.2. The maximum absolute atomic E-state index is 13.5. The minimum absolute atomic E-state index is 0.148. The molecule has 2 aromatic carbocycles. The maximum Gasteiger partial charge on any atom is 0.253 e. The third-order valence-corrected chi connectivity index (χ3v) is 6.24. The first-order valence-corrected chi connectivity index (χ1v) is 10.2. The number of rotatable bonds is 6. The van der Waals surface area contributed by atoms with Gasteiger partial charge < -0.3 is 9.64 Å². The van der Waals surface area contributed by atoms with E-state index in [1.54, 1.807) is 43.4 Å². The molecular formula is C19H21FN2O4S. The molecule has 0 atom stereocenters. The van der Waals surface area contributed by atoms with Crippen molar-refractivity contribution >= 4 is 21.6 Å². The van der Waals surface area contributed by atoms with Gasteiger partial charge in [0.1, 0.15) is 6.61 Å². The molecule has 1 amide bonds. The van der Waals surface area contributed by atoms with Crippen molar-refractivity contribution in [1.29, 1.82) is 0 Å². The number of benzene rings is 2. The Labute approximate surface area is 158 Å². The highest BCUT2D eigenvalue weighted by Crippen LogP contribution is 2.24. The van der Waals surface area contributed by atoms with E-state index < -0.39 is 15.8 Å². The van der Waals surface area contributed by atoms with Crippen molar-refractivity contribution in [2.45, 2.75) is 6.42 Å². The van der Waals surface area contributed by atoms with Crippen LogP contribution in [0.1, 0.15) is 16.8 Å². The summed E-state index contributed by atoms with van der Waals surface area (Å²) in [5.74, 6) is -0.366. The third kappa shape index (κ3) is 4.39. The molecule has 0 radical (unpaired) electrons. The van der Waals surface area contributed by atoms with Crippen LogP contribution in [-0.4, -0.2) is 51.7 Å². The van der Waals surface area contributed by atoms with Gasteiger partial charge in [-0.15, -0.1) is 0 Å². The Morgan fingerprint density at radius 1 is 1.19 bits per heavy atom. The Hall–Kier alpha value is -2.61. The Morgan fingerprint density at radius 3 is 2.52 bits per heavy atom. The highest BCUT2D eigenvalue weighted by molar-refractivity contribution is 7.93. The lowest BCUT2D eigenvalue weighted by Gasteiger charge is -2.19. The minimum atomic E-state index is -3.24. The van der Waals surface area contributed by atoms with Crippen LogP contribution in [0.3, 0.4) is 0 Å². The van der Waals surface area contributed by atoms with Crippen LogP contribution < -0.4 is 9.04 Å². The molecule has 0 aliphatic carbocycles. The van der Waals surface area contributed by atoms with Crippen molar-refractivity contribution in [3.05, 3.63) is 59.9 Å². The van der Waals surface area contributed by atoms with Gasteiger partial charge in [-0.05, 0) is 42.8 Å². The van der Waals surface area contributed by atoms with E-state index >= 15 is 0 Å². The van der Waals surface area contributed by atoms with E-state index in [-0.39, 0.29) is 30.6 Å². The third-order valence-electron chi connectivity index (χ3n) is 4.37. The second kappa shape index (κ2) is 7.96. The topological polar surface area (TPSA) is 66.9 Å². The predicted molar refractivity (Wildman–Crippen MR) is 101 cm³/mol. The Morgan fingerprint density at radius 2 is 1.89 bits per heavy atom. The molecule has 1 aliphatic heterocycles. The maximum atomic E-state index is 13.5. The number of amides is 1. The number of ether oxygens (including phenoxy) is 1. The van der Waals surface area contributed by atoms with Crippen LogP contribution in [0.5, 0.6) is 5.75 Å². The molecule has 0 bridgehead atoms. The first kappa shape index (κ1) is 19.2. The normalized spacial score (nSPS) is 15.6. The molecule has 3 rings (SSSR count). The second-order valence-electron chi connectivity index (χ2n) is 6.29. The van der Waals surface area contributed by atoms with Crippen molar-refractivity contribution in [2.24, 2.45) is 0 Å². The van der Waals surface area contributed by atoms with Crippen molar-refractivity contribution in [1.82, 2.24) is 4.90 Å². The van der Waals surface area contributed by atoms with E-state index in [1.807, 2.05) is 0 Å². The Kier molecular flexibility index (Phi) is 5.65. The van der Waals surface area contributed by atoms with Gasteiger partial charge in [0, 0.05) is 19.2 Å². The van der Waals surface area contributed by atoms with Gasteiger partial charge in [-0.1, -0.05) is 12.1 Å². The fraction of sp³-hybridized carbons (Fsp3) is 0.316. The molecule has 2 aromatic rings. The number of halogens is 1. The highest BCUT2D eigenvalue weighted by Gasteiger charge is 2.28. The smallest absolute Gasteiger partial charge is 0.253 e. The van der Waals surface area contributed by atoms with Gasteiger partial charge in [-0.2, -0.15) is 0 Å². The van der Waals surface area contributed by atoms with Crippen LogP contribution in [-0.2, 0) is 10.0 Å². The molecule has 8 heteroatoms. The summed E-state index contributed by atoms with van der Waals surface area (Å²) >= 11 is 0. The van der Waals surface area contributed by atoms with Crippen LogP contribution in [0, 0.1) is 5.82 Å². The van der Waals surface area contributed by atoms with Gasteiger partial charge in [0.05, 0.1) is 18.0 Å². The lowest BCUT2D eigenvalue weighted by molar-refractivity contribution is 0.0773. The fourth-order valence-corrected chi connectivity index (χ4v) is 4.44. The van der Waals surface area contributed by atoms with E-state index in [1.165, 1.54) is 21.3 Å². The number of sulfonamides is 1. The molecule has 144 valence electrons. The Bertz CT molecular complexity index is 916. The molecule has 0 saturated carbocycles. The molecule has 1 saturated heterocycles. The molecular weight excluding hydrogens is 371 g/mol. The summed E-state index contributed by atoms with van der Waals surface area (Å²) in [5.41, 5.74) is 1.01. The first-order valence-electron chi connectivity index (χ1n) is 8.62. The lowest BCUT2D eigenvalue weighted by Crippen LogP contribution is -2.31. The predicted octanol–water partition coefficient (Wildman–Crippen LogP) is 2.52. The number of hydrogen-bond donors (Lipinski definition) is 0. The summed E-state index contributed by atoms with van der Waals surface area (Å²) in [6.07, 6.45) is 0.605. The lowest BCUT2D eigenvalue weighted by atomic mass is 10.2. The molecule has 0 unspecified atom stereocenters. The number of carbonyl (C=O) groups excluding carboxylic acids is 1. The molecule has 6 nitrogen and oxygen atoms in total. The number of para-hydroxylation sites is 1. The summed E-state index contributed by atoms with van der Waals surface area (Å²) < 4.78 is 44.2. The SMILES string of the molecule is CN(CCOc1ccccc1F)C(=O)c1ccc(N2CCCS2(=O)=O)cc1. The summed E-state index contributed by atoms with van der Waals surface area (Å²) in [6, 6.07) is 12.6. The van der Waals surface area contributed by atoms with Crippen LogP contribution in [0.25, 0.3) is 0 Å². The summed E-state index contributed by atoms with van der Waals surface area (Å²) in [6.45, 7) is 0.908. The number of nitrogens with zero attached hydrogens (tertiary/aromatic N) is 2. The number of carbonyl (C=O) groups is 1. The summed E-state index contributed by atoms with van der Waals surface area (Å²) in [4.78, 5) is 14.0. The molecule has 27 heavy (non-hydrogen) atoms. The summed E-state index contributed by atoms with van der Waals surface area (Å²) in [7, 11) is -1.61. The van der Waals surface area contributed by atoms with Crippen LogP contribution >= 0.6 is 0 Å². The monoisotopic (exact) mass is 392 g/mol. The molecule has 1 heterocycles. The zero-order chi connectivity index (χ0) is 19.4. The van der Waals surface area contributed by atoms with E-state index in [0.29, 0.717) is 24.2 Å². The number of likely N-dealkylation sites (N-methyl/N-ethyl adjacent to an activating group) is 1. The zero-order valence-corrected chi connectivity index (χ0v) is 15.8. The molecule has 0 N–H and O–H groups in total.